The molecular formula is C19H23FN4O2. The van der Waals surface area contributed by atoms with Crippen molar-refractivity contribution in [1.29, 1.82) is 0 Å². The molecule has 3 rings (SSSR count). The van der Waals surface area contributed by atoms with Crippen LogP contribution in [0, 0.1) is 5.82 Å². The van der Waals surface area contributed by atoms with Gasteiger partial charge in [0, 0.05) is 33.4 Å². The van der Waals surface area contributed by atoms with Crippen LogP contribution in [0.1, 0.15) is 29.2 Å². The highest BCUT2D eigenvalue weighted by atomic mass is 19.1. The summed E-state index contributed by atoms with van der Waals surface area (Å²) < 4.78 is 14.9. The molecule has 6 nitrogen and oxygen atoms in total. The highest BCUT2D eigenvalue weighted by Crippen LogP contribution is 2.35. The van der Waals surface area contributed by atoms with E-state index in [0.29, 0.717) is 25.9 Å². The number of hydrogen-bond acceptors (Lipinski definition) is 3. The maximum Gasteiger partial charge on any atom is 0.228 e. The van der Waals surface area contributed by atoms with Gasteiger partial charge in [0.25, 0.3) is 0 Å². The zero-order valence-corrected chi connectivity index (χ0v) is 15.0. The van der Waals surface area contributed by atoms with E-state index in [4.69, 9.17) is 0 Å². The van der Waals surface area contributed by atoms with Crippen LogP contribution in [0.25, 0.3) is 0 Å². The molecule has 0 radical (unpaired) electrons. The van der Waals surface area contributed by atoms with E-state index in [1.807, 2.05) is 19.3 Å². The summed E-state index contributed by atoms with van der Waals surface area (Å²) in [5.41, 5.74) is 2.56. The predicted molar refractivity (Wildman–Crippen MR) is 95.0 cm³/mol. The molecule has 1 unspecified atom stereocenters. The number of likely N-dealkylation sites (N-methyl/N-ethyl adjacent to an activating group) is 1. The minimum Gasteiger partial charge on any atom is -0.355 e. The average molecular weight is 358 g/mol. The largest absolute Gasteiger partial charge is 0.355 e. The molecule has 26 heavy (non-hydrogen) atoms. The smallest absolute Gasteiger partial charge is 0.228 e. The second kappa shape index (κ2) is 7.68. The molecule has 1 aliphatic carbocycles. The van der Waals surface area contributed by atoms with Gasteiger partial charge in [-0.3, -0.25) is 14.3 Å². The summed E-state index contributed by atoms with van der Waals surface area (Å²) in [5, 5.41) is 7.08. The van der Waals surface area contributed by atoms with Gasteiger partial charge in [-0.2, -0.15) is 5.10 Å². The van der Waals surface area contributed by atoms with Gasteiger partial charge in [0.15, 0.2) is 0 Å². The Bertz CT molecular complexity index is 818. The number of aryl methyl sites for hydroxylation is 1. The number of carbonyl (C=O) groups is 2. The van der Waals surface area contributed by atoms with Gasteiger partial charge in [-0.1, -0.05) is 6.07 Å². The van der Waals surface area contributed by atoms with Crippen LogP contribution in [0.3, 0.4) is 0 Å². The topological polar surface area (TPSA) is 67.2 Å². The first kappa shape index (κ1) is 18.1. The second-order valence-corrected chi connectivity index (χ2v) is 6.72. The zero-order valence-electron chi connectivity index (χ0n) is 15.0. The summed E-state index contributed by atoms with van der Waals surface area (Å²) >= 11 is 0. The summed E-state index contributed by atoms with van der Waals surface area (Å²) in [4.78, 5) is 26.0. The molecule has 0 spiro atoms. The lowest BCUT2D eigenvalue weighted by Crippen LogP contribution is -2.37. The van der Waals surface area contributed by atoms with E-state index in [0.717, 1.165) is 16.8 Å². The van der Waals surface area contributed by atoms with Crippen molar-refractivity contribution in [3.8, 4) is 0 Å². The predicted octanol–water partition coefficient (Wildman–Crippen LogP) is 1.41. The molecule has 1 N–H and O–H groups in total. The number of carbonyl (C=O) groups excluding carboxylic acids is 2. The summed E-state index contributed by atoms with van der Waals surface area (Å²) in [6.45, 7) is 1.04. The van der Waals surface area contributed by atoms with Gasteiger partial charge in [0.05, 0.1) is 18.0 Å². The number of hydrogen-bond donors (Lipinski definition) is 1. The lowest BCUT2D eigenvalue weighted by Gasteiger charge is -2.29. The van der Waals surface area contributed by atoms with Gasteiger partial charge >= 0.3 is 0 Å². The van der Waals surface area contributed by atoms with Crippen LogP contribution >= 0.6 is 0 Å². The second-order valence-electron chi connectivity index (χ2n) is 6.72. The molecule has 0 fully saturated rings. The van der Waals surface area contributed by atoms with Gasteiger partial charge in [0.1, 0.15) is 5.82 Å². The fraction of sp³-hybridized carbons (Fsp3) is 0.421. The average Bonchev–Trinajstić information content (AvgIpc) is 2.99. The minimum absolute atomic E-state index is 0.00146. The van der Waals surface area contributed by atoms with Crippen LogP contribution in [0.5, 0.6) is 0 Å². The lowest BCUT2D eigenvalue weighted by atomic mass is 9.77. The highest BCUT2D eigenvalue weighted by Gasteiger charge is 2.32. The normalized spacial score (nSPS) is 15.1. The Balaban J connectivity index is 1.37. The maximum absolute atomic E-state index is 13.3. The van der Waals surface area contributed by atoms with Crippen LogP contribution < -0.4 is 5.32 Å². The first-order valence-electron chi connectivity index (χ1n) is 8.72. The van der Waals surface area contributed by atoms with E-state index >= 15 is 0 Å². The first-order valence-corrected chi connectivity index (χ1v) is 8.72. The number of rotatable bonds is 7. The number of benzene rings is 1. The molecule has 0 saturated carbocycles. The Labute approximate surface area is 152 Å². The van der Waals surface area contributed by atoms with Gasteiger partial charge in [0.2, 0.25) is 11.8 Å². The monoisotopic (exact) mass is 358 g/mol. The first-order chi connectivity index (χ1) is 12.4. The summed E-state index contributed by atoms with van der Waals surface area (Å²) in [6.07, 6.45) is 3.40. The maximum atomic E-state index is 13.3. The Kier molecular flexibility index (Phi) is 5.35. The number of nitrogens with one attached hydrogen (secondary N) is 1. The molecule has 0 bridgehead atoms. The van der Waals surface area contributed by atoms with E-state index in [-0.39, 0.29) is 30.0 Å². The van der Waals surface area contributed by atoms with Crippen LogP contribution in [0.2, 0.25) is 0 Å². The molecule has 1 heterocycles. The van der Waals surface area contributed by atoms with E-state index in [1.54, 1.807) is 22.7 Å². The number of aromatic nitrogens is 2. The van der Waals surface area contributed by atoms with Crippen molar-refractivity contribution in [1.82, 2.24) is 20.0 Å². The van der Waals surface area contributed by atoms with E-state index in [1.165, 1.54) is 12.1 Å². The Morgan fingerprint density at radius 3 is 2.92 bits per heavy atom. The molecule has 1 aromatic heterocycles. The number of fused-ring (bicyclic) bond motifs is 1. The number of nitrogens with zero attached hydrogens (tertiary/aromatic N) is 3. The summed E-state index contributed by atoms with van der Waals surface area (Å²) in [7, 11) is 3.56. The lowest BCUT2D eigenvalue weighted by molar-refractivity contribution is -0.129. The Morgan fingerprint density at radius 2 is 2.19 bits per heavy atom. The third-order valence-electron chi connectivity index (χ3n) is 4.72. The van der Waals surface area contributed by atoms with Crippen molar-refractivity contribution in [3.63, 3.8) is 0 Å². The van der Waals surface area contributed by atoms with Gasteiger partial charge in [-0.15, -0.1) is 0 Å². The number of amides is 2. The Morgan fingerprint density at radius 1 is 1.38 bits per heavy atom. The molecule has 138 valence electrons. The quantitative estimate of drug-likeness (QED) is 0.761. The molecule has 2 amide bonds. The van der Waals surface area contributed by atoms with E-state index < -0.39 is 0 Å². The van der Waals surface area contributed by atoms with Gasteiger partial charge < -0.3 is 10.2 Å². The van der Waals surface area contributed by atoms with Crippen molar-refractivity contribution in [2.75, 3.05) is 20.1 Å². The zero-order chi connectivity index (χ0) is 18.7. The molecule has 1 aliphatic rings. The van der Waals surface area contributed by atoms with Crippen molar-refractivity contribution < 1.29 is 14.0 Å². The molecule has 0 saturated heterocycles. The fourth-order valence-electron chi connectivity index (χ4n) is 3.13. The summed E-state index contributed by atoms with van der Waals surface area (Å²) in [5.74, 6) is -0.650. The molecule has 1 atom stereocenters. The third kappa shape index (κ3) is 4.09. The SMILES string of the molecule is CN(CCCNC(=O)C1Cc2ccc(F)cc21)C(=O)Cc1ccn(C)n1. The molecule has 2 aromatic rings. The summed E-state index contributed by atoms with van der Waals surface area (Å²) in [6, 6.07) is 6.42. The third-order valence-corrected chi connectivity index (χ3v) is 4.72. The Hall–Kier alpha value is -2.70. The van der Waals surface area contributed by atoms with E-state index in [2.05, 4.69) is 10.4 Å². The number of halogens is 1. The van der Waals surface area contributed by atoms with Crippen LogP contribution in [0.15, 0.2) is 30.5 Å². The van der Waals surface area contributed by atoms with Crippen molar-refractivity contribution in [2.24, 2.45) is 7.05 Å². The molecule has 0 aliphatic heterocycles. The fourth-order valence-corrected chi connectivity index (χ4v) is 3.13. The van der Waals surface area contributed by atoms with Gasteiger partial charge in [-0.25, -0.2) is 4.39 Å². The minimum atomic E-state index is -0.311. The molecule has 1 aromatic carbocycles. The van der Waals surface area contributed by atoms with Crippen LogP contribution in [-0.2, 0) is 29.5 Å². The van der Waals surface area contributed by atoms with E-state index in [9.17, 15) is 14.0 Å². The molecule has 7 heteroatoms. The van der Waals surface area contributed by atoms with Gasteiger partial charge in [-0.05, 0) is 42.2 Å². The van der Waals surface area contributed by atoms with Crippen LogP contribution in [-0.4, -0.2) is 46.6 Å². The van der Waals surface area contributed by atoms with Crippen LogP contribution in [0.4, 0.5) is 4.39 Å². The van der Waals surface area contributed by atoms with Crippen molar-refractivity contribution in [3.05, 3.63) is 53.1 Å². The molecular weight excluding hydrogens is 335 g/mol. The van der Waals surface area contributed by atoms with Crippen molar-refractivity contribution >= 4 is 11.8 Å². The van der Waals surface area contributed by atoms with Crippen molar-refractivity contribution in [2.45, 2.75) is 25.2 Å². The highest BCUT2D eigenvalue weighted by molar-refractivity contribution is 5.86. The standard InChI is InChI=1S/C19H23FN4O2/c1-23(18(25)12-15-6-9-24(2)22-15)8-3-7-21-19(26)17-10-13-4-5-14(20)11-16(13)17/h4-6,9,11,17H,3,7-8,10,12H2,1-2H3,(H,21,26).